The average Bonchev–Trinajstić information content (AvgIpc) is 2.39. The van der Waals surface area contributed by atoms with E-state index in [-0.39, 0.29) is 17.6 Å². The van der Waals surface area contributed by atoms with Crippen molar-refractivity contribution in [2.45, 2.75) is 69.9 Å². The zero-order valence-corrected chi connectivity index (χ0v) is 12.1. The van der Waals surface area contributed by atoms with E-state index in [0.717, 1.165) is 32.3 Å². The third kappa shape index (κ3) is 4.18. The number of hydrogen-bond acceptors (Lipinski definition) is 3. The molecule has 1 aliphatic heterocycles. The topological polar surface area (TPSA) is 64.3 Å². The van der Waals surface area contributed by atoms with Crippen molar-refractivity contribution in [2.75, 3.05) is 13.2 Å². The lowest BCUT2D eigenvalue weighted by Crippen LogP contribution is -2.56. The van der Waals surface area contributed by atoms with Crippen LogP contribution in [-0.4, -0.2) is 30.7 Å². The van der Waals surface area contributed by atoms with E-state index in [1.807, 2.05) is 0 Å². The number of carbonyl (C=O) groups is 1. The highest BCUT2D eigenvalue weighted by atomic mass is 16.5. The van der Waals surface area contributed by atoms with Crippen molar-refractivity contribution < 1.29 is 9.53 Å². The molecule has 3 atom stereocenters. The molecule has 2 aliphatic rings. The monoisotopic (exact) mass is 268 g/mol. The molecule has 0 aromatic heterocycles. The molecule has 0 bridgehead atoms. The van der Waals surface area contributed by atoms with Gasteiger partial charge in [0.15, 0.2) is 0 Å². The van der Waals surface area contributed by atoms with Crippen LogP contribution in [0.15, 0.2) is 0 Å². The summed E-state index contributed by atoms with van der Waals surface area (Å²) in [6.07, 6.45) is 8.38. The van der Waals surface area contributed by atoms with E-state index < -0.39 is 0 Å². The first-order valence-corrected chi connectivity index (χ1v) is 7.76. The van der Waals surface area contributed by atoms with Crippen molar-refractivity contribution in [1.29, 1.82) is 0 Å². The van der Waals surface area contributed by atoms with Crippen LogP contribution in [0.1, 0.15) is 58.3 Å². The van der Waals surface area contributed by atoms with Crippen LogP contribution < -0.4 is 11.1 Å². The third-order valence-electron chi connectivity index (χ3n) is 4.57. The van der Waals surface area contributed by atoms with Crippen LogP contribution >= 0.6 is 0 Å². The maximum Gasteiger partial charge on any atom is 0.223 e. The summed E-state index contributed by atoms with van der Waals surface area (Å²) in [5, 5.41) is 3.22. The first kappa shape index (κ1) is 14.8. The normalized spacial score (nSPS) is 35.9. The van der Waals surface area contributed by atoms with E-state index in [2.05, 4.69) is 12.2 Å². The van der Waals surface area contributed by atoms with Crippen LogP contribution in [0.2, 0.25) is 0 Å². The first-order valence-electron chi connectivity index (χ1n) is 7.76. The molecule has 0 aromatic carbocycles. The molecule has 0 spiro atoms. The molecule has 1 saturated carbocycles. The largest absolute Gasteiger partial charge is 0.378 e. The highest BCUT2D eigenvalue weighted by molar-refractivity contribution is 5.77. The van der Waals surface area contributed by atoms with Crippen LogP contribution in [0.5, 0.6) is 0 Å². The highest BCUT2D eigenvalue weighted by Crippen LogP contribution is 2.31. The molecule has 1 amide bonds. The van der Waals surface area contributed by atoms with Crippen molar-refractivity contribution in [2.24, 2.45) is 11.7 Å². The third-order valence-corrected chi connectivity index (χ3v) is 4.57. The summed E-state index contributed by atoms with van der Waals surface area (Å²) in [4.78, 5) is 12.2. The standard InChI is InChI=1S/C15H28N2O2/c1-12-5-4-7-15(10-12,11-16)17-14(18)9-13-6-2-3-8-19-13/h12-13H,2-11,16H2,1H3,(H,17,18). The van der Waals surface area contributed by atoms with Crippen molar-refractivity contribution in [3.05, 3.63) is 0 Å². The number of nitrogens with two attached hydrogens (primary N) is 1. The molecule has 0 aromatic rings. The average molecular weight is 268 g/mol. The Morgan fingerprint density at radius 3 is 2.84 bits per heavy atom. The Kier molecular flexibility index (Phi) is 5.22. The molecule has 4 heteroatoms. The van der Waals surface area contributed by atoms with Gasteiger partial charge < -0.3 is 15.8 Å². The quantitative estimate of drug-likeness (QED) is 0.819. The Bertz CT molecular complexity index is 303. The molecule has 2 rings (SSSR count). The Balaban J connectivity index is 1.84. The van der Waals surface area contributed by atoms with Gasteiger partial charge in [0.1, 0.15) is 0 Å². The van der Waals surface area contributed by atoms with E-state index in [1.165, 1.54) is 19.3 Å². The number of ether oxygens (including phenoxy) is 1. The summed E-state index contributed by atoms with van der Waals surface area (Å²) in [5.41, 5.74) is 5.77. The van der Waals surface area contributed by atoms with Crippen molar-refractivity contribution in [1.82, 2.24) is 5.32 Å². The minimum absolute atomic E-state index is 0.115. The molecule has 1 heterocycles. The second kappa shape index (κ2) is 6.71. The predicted octanol–water partition coefficient (Wildman–Crippen LogP) is 1.97. The molecule has 1 aliphatic carbocycles. The smallest absolute Gasteiger partial charge is 0.223 e. The van der Waals surface area contributed by atoms with Gasteiger partial charge in [-0.15, -0.1) is 0 Å². The molecular formula is C15H28N2O2. The molecule has 1 saturated heterocycles. The van der Waals surface area contributed by atoms with E-state index in [1.54, 1.807) is 0 Å². The van der Waals surface area contributed by atoms with Crippen LogP contribution in [0.25, 0.3) is 0 Å². The molecule has 3 N–H and O–H groups in total. The Hall–Kier alpha value is -0.610. The van der Waals surface area contributed by atoms with E-state index >= 15 is 0 Å². The Morgan fingerprint density at radius 2 is 2.21 bits per heavy atom. The molecule has 0 radical (unpaired) electrons. The molecule has 19 heavy (non-hydrogen) atoms. The number of nitrogens with one attached hydrogen (secondary N) is 1. The minimum atomic E-state index is -0.163. The minimum Gasteiger partial charge on any atom is -0.378 e. The molecule has 2 fully saturated rings. The number of hydrogen-bond donors (Lipinski definition) is 2. The maximum atomic E-state index is 12.2. The van der Waals surface area contributed by atoms with Gasteiger partial charge in [0.2, 0.25) is 5.91 Å². The van der Waals surface area contributed by atoms with E-state index in [4.69, 9.17) is 10.5 Å². The lowest BCUT2D eigenvalue weighted by Gasteiger charge is -2.40. The fourth-order valence-electron chi connectivity index (χ4n) is 3.53. The van der Waals surface area contributed by atoms with Gasteiger partial charge >= 0.3 is 0 Å². The molecular weight excluding hydrogens is 240 g/mol. The lowest BCUT2D eigenvalue weighted by atomic mass is 9.76. The van der Waals surface area contributed by atoms with Gasteiger partial charge in [0.25, 0.3) is 0 Å². The van der Waals surface area contributed by atoms with Crippen LogP contribution in [-0.2, 0) is 9.53 Å². The Morgan fingerprint density at radius 1 is 1.37 bits per heavy atom. The lowest BCUT2D eigenvalue weighted by molar-refractivity contribution is -0.127. The Labute approximate surface area is 116 Å². The summed E-state index contributed by atoms with van der Waals surface area (Å²) < 4.78 is 5.63. The highest BCUT2D eigenvalue weighted by Gasteiger charge is 2.35. The number of amides is 1. The van der Waals surface area contributed by atoms with E-state index in [9.17, 15) is 4.79 Å². The zero-order chi connectivity index (χ0) is 13.7. The van der Waals surface area contributed by atoms with Gasteiger partial charge in [-0.2, -0.15) is 0 Å². The first-order chi connectivity index (χ1) is 9.13. The second-order valence-electron chi connectivity index (χ2n) is 6.43. The fourth-order valence-corrected chi connectivity index (χ4v) is 3.53. The SMILES string of the molecule is CC1CCCC(CN)(NC(=O)CC2CCCCO2)C1. The predicted molar refractivity (Wildman–Crippen MR) is 75.8 cm³/mol. The summed E-state index contributed by atoms with van der Waals surface area (Å²) in [6.45, 7) is 3.60. The summed E-state index contributed by atoms with van der Waals surface area (Å²) in [5.74, 6) is 0.773. The summed E-state index contributed by atoms with van der Waals surface area (Å²) in [6, 6.07) is 0. The van der Waals surface area contributed by atoms with Gasteiger partial charge in [-0.3, -0.25) is 4.79 Å². The number of rotatable bonds is 4. The van der Waals surface area contributed by atoms with Crippen molar-refractivity contribution in [3.8, 4) is 0 Å². The van der Waals surface area contributed by atoms with Crippen molar-refractivity contribution >= 4 is 5.91 Å². The maximum absolute atomic E-state index is 12.2. The fraction of sp³-hybridized carbons (Fsp3) is 0.933. The van der Waals surface area contributed by atoms with Gasteiger partial charge in [0.05, 0.1) is 18.1 Å². The van der Waals surface area contributed by atoms with Gasteiger partial charge in [-0.1, -0.05) is 19.8 Å². The van der Waals surface area contributed by atoms with Crippen LogP contribution in [0.3, 0.4) is 0 Å². The second-order valence-corrected chi connectivity index (χ2v) is 6.43. The van der Waals surface area contributed by atoms with Crippen LogP contribution in [0.4, 0.5) is 0 Å². The van der Waals surface area contributed by atoms with Gasteiger partial charge in [0, 0.05) is 13.2 Å². The summed E-state index contributed by atoms with van der Waals surface area (Å²) >= 11 is 0. The molecule has 4 nitrogen and oxygen atoms in total. The molecule has 110 valence electrons. The van der Waals surface area contributed by atoms with Gasteiger partial charge in [-0.05, 0) is 38.0 Å². The van der Waals surface area contributed by atoms with Gasteiger partial charge in [-0.25, -0.2) is 0 Å². The zero-order valence-electron chi connectivity index (χ0n) is 12.1. The van der Waals surface area contributed by atoms with Crippen LogP contribution in [0, 0.1) is 5.92 Å². The number of carbonyl (C=O) groups excluding carboxylic acids is 1. The van der Waals surface area contributed by atoms with E-state index in [0.29, 0.717) is 18.9 Å². The van der Waals surface area contributed by atoms with Crippen molar-refractivity contribution in [3.63, 3.8) is 0 Å². The molecule has 3 unspecified atom stereocenters. The summed E-state index contributed by atoms with van der Waals surface area (Å²) in [7, 11) is 0.